The Morgan fingerprint density at radius 1 is 0.833 bits per heavy atom. The van der Waals surface area contributed by atoms with Crippen LogP contribution in [-0.4, -0.2) is 91.0 Å². The Morgan fingerprint density at radius 3 is 1.83 bits per heavy atom. The van der Waals surface area contributed by atoms with Gasteiger partial charge < -0.3 is 5.32 Å². The molecule has 8 nitrogen and oxygen atoms in total. The molecule has 0 aromatic heterocycles. The molecule has 0 bridgehead atoms. The first kappa shape index (κ1) is 27.2. The maximum absolute atomic E-state index is 12.5. The fourth-order valence-corrected chi connectivity index (χ4v) is 4.00. The molecule has 3 aromatic carbocycles. The van der Waals surface area contributed by atoms with Crippen molar-refractivity contribution in [1.82, 2.24) is 0 Å². The first-order valence-corrected chi connectivity index (χ1v) is 10.7. The Balaban J connectivity index is 0.00000225. The third kappa shape index (κ3) is 6.13. The van der Waals surface area contributed by atoms with Crippen molar-refractivity contribution in [3.8, 4) is 0 Å². The molecule has 0 aliphatic carbocycles. The molecule has 0 heterocycles. The van der Waals surface area contributed by atoms with Crippen LogP contribution in [0.2, 0.25) is 0 Å². The van der Waals surface area contributed by atoms with Crippen LogP contribution in [0.3, 0.4) is 0 Å². The van der Waals surface area contributed by atoms with Crippen molar-refractivity contribution >= 4 is 102 Å². The summed E-state index contributed by atoms with van der Waals surface area (Å²) in [4.78, 5) is 11.5. The Hall–Kier alpha value is -0.790. The molecule has 0 saturated carbocycles. The third-order valence-corrected chi connectivity index (χ3v) is 5.74. The van der Waals surface area contributed by atoms with Gasteiger partial charge in [0.25, 0.3) is 26.1 Å². The van der Waals surface area contributed by atoms with E-state index >= 15 is 0 Å². The SMILES string of the molecule is Cc1cc(S(=O)(=O)O)cc2cc(S(=O)(=O)O)cc(NC(=O)c3ccccc3)c12.[NaH].[NaH]. The summed E-state index contributed by atoms with van der Waals surface area (Å²) >= 11 is 0. The molecule has 1 amide bonds. The molecule has 0 unspecified atom stereocenters. The number of nitrogens with one attached hydrogen (secondary N) is 1. The van der Waals surface area contributed by atoms with Gasteiger partial charge in [0.1, 0.15) is 0 Å². The summed E-state index contributed by atoms with van der Waals surface area (Å²) in [5.74, 6) is -0.521. The standard InChI is InChI=1S/C18H15NO7S2.2Na.2H/c1-11-7-14(27(21,22)23)8-13-9-15(28(24,25)26)10-16(17(11)13)19-18(20)12-5-3-2-4-6-12;;;;/h2-10H,1H3,(H,19,20)(H,21,22,23)(H,24,25,26);;;;. The van der Waals surface area contributed by atoms with Gasteiger partial charge in [-0.15, -0.1) is 0 Å². The Labute approximate surface area is 218 Å². The molecule has 12 heteroatoms. The molecule has 0 atom stereocenters. The molecule has 3 N–H and O–H groups in total. The van der Waals surface area contributed by atoms with Gasteiger partial charge in [-0.3, -0.25) is 13.9 Å². The summed E-state index contributed by atoms with van der Waals surface area (Å²) in [5.41, 5.74) is 0.758. The van der Waals surface area contributed by atoms with Crippen molar-refractivity contribution in [2.24, 2.45) is 0 Å². The molecular weight excluding hydrogens is 452 g/mol. The Kier molecular flexibility index (Phi) is 9.28. The van der Waals surface area contributed by atoms with Crippen LogP contribution in [0.1, 0.15) is 15.9 Å². The molecule has 0 radical (unpaired) electrons. The van der Waals surface area contributed by atoms with E-state index in [4.69, 9.17) is 0 Å². The number of benzene rings is 3. The van der Waals surface area contributed by atoms with Gasteiger partial charge >= 0.3 is 59.1 Å². The quantitative estimate of drug-likeness (QED) is 0.390. The van der Waals surface area contributed by atoms with Crippen LogP contribution >= 0.6 is 0 Å². The van der Waals surface area contributed by atoms with E-state index in [2.05, 4.69) is 5.32 Å². The molecular formula is C18H17NNa2O7S2. The molecule has 30 heavy (non-hydrogen) atoms. The summed E-state index contributed by atoms with van der Waals surface area (Å²) < 4.78 is 64.9. The van der Waals surface area contributed by atoms with E-state index in [-0.39, 0.29) is 70.2 Å². The van der Waals surface area contributed by atoms with Gasteiger partial charge in [-0.25, -0.2) is 0 Å². The van der Waals surface area contributed by atoms with Crippen LogP contribution in [0, 0.1) is 6.92 Å². The molecule has 3 rings (SSSR count). The fraction of sp³-hybridized carbons (Fsp3) is 0.0556. The molecule has 150 valence electrons. The van der Waals surface area contributed by atoms with Crippen LogP contribution in [0.4, 0.5) is 5.69 Å². The summed E-state index contributed by atoms with van der Waals surface area (Å²) in [5, 5.41) is 3.05. The fourth-order valence-electron chi connectivity index (χ4n) is 2.85. The van der Waals surface area contributed by atoms with E-state index in [9.17, 15) is 30.7 Å². The zero-order valence-corrected chi connectivity index (χ0v) is 16.1. The van der Waals surface area contributed by atoms with E-state index in [1.807, 2.05) is 0 Å². The normalized spacial score (nSPS) is 11.3. The number of rotatable bonds is 4. The van der Waals surface area contributed by atoms with E-state index in [0.717, 1.165) is 18.2 Å². The average molecular weight is 469 g/mol. The monoisotopic (exact) mass is 469 g/mol. The zero-order chi connectivity index (χ0) is 20.7. The van der Waals surface area contributed by atoms with Crippen molar-refractivity contribution in [2.45, 2.75) is 16.7 Å². The van der Waals surface area contributed by atoms with E-state index in [1.54, 1.807) is 37.3 Å². The first-order chi connectivity index (χ1) is 13.0. The van der Waals surface area contributed by atoms with Gasteiger partial charge in [-0.2, -0.15) is 16.8 Å². The summed E-state index contributed by atoms with van der Waals surface area (Å²) in [6.07, 6.45) is 0. The van der Waals surface area contributed by atoms with Crippen LogP contribution in [0.25, 0.3) is 10.8 Å². The zero-order valence-electron chi connectivity index (χ0n) is 14.4. The molecule has 0 aliphatic rings. The summed E-state index contributed by atoms with van der Waals surface area (Å²) in [6, 6.07) is 12.6. The van der Waals surface area contributed by atoms with Gasteiger partial charge in [-0.1, -0.05) is 18.2 Å². The number of hydrogen-bond acceptors (Lipinski definition) is 5. The number of carbonyl (C=O) groups is 1. The predicted molar refractivity (Wildman–Crippen MR) is 117 cm³/mol. The van der Waals surface area contributed by atoms with E-state index in [1.165, 1.54) is 6.07 Å². The van der Waals surface area contributed by atoms with Gasteiger partial charge in [0.05, 0.1) is 15.5 Å². The minimum absolute atomic E-state index is 0. The number of hydrogen-bond donors (Lipinski definition) is 3. The number of anilines is 1. The second-order valence-corrected chi connectivity index (χ2v) is 8.92. The van der Waals surface area contributed by atoms with E-state index < -0.39 is 35.9 Å². The van der Waals surface area contributed by atoms with Crippen LogP contribution in [-0.2, 0) is 20.2 Å². The molecule has 0 saturated heterocycles. The number of carbonyl (C=O) groups excluding carboxylic acids is 1. The minimum atomic E-state index is -4.64. The maximum atomic E-state index is 12.5. The number of fused-ring (bicyclic) bond motifs is 1. The second-order valence-electron chi connectivity index (χ2n) is 6.08. The second kappa shape index (κ2) is 10.2. The third-order valence-electron chi connectivity index (χ3n) is 4.07. The molecule has 0 spiro atoms. The molecule has 0 fully saturated rings. The summed E-state index contributed by atoms with van der Waals surface area (Å²) in [6.45, 7) is 1.54. The van der Waals surface area contributed by atoms with Gasteiger partial charge in [0.15, 0.2) is 0 Å². The number of aryl methyl sites for hydroxylation is 1. The average Bonchev–Trinajstić information content (AvgIpc) is 2.60. The van der Waals surface area contributed by atoms with Crippen molar-refractivity contribution in [1.29, 1.82) is 0 Å². The van der Waals surface area contributed by atoms with Crippen molar-refractivity contribution in [2.75, 3.05) is 5.32 Å². The first-order valence-electron chi connectivity index (χ1n) is 7.86. The molecule has 3 aromatic rings. The Bertz CT molecular complexity index is 1300. The van der Waals surface area contributed by atoms with E-state index in [0.29, 0.717) is 16.5 Å². The van der Waals surface area contributed by atoms with Gasteiger partial charge in [-0.05, 0) is 54.3 Å². The van der Waals surface area contributed by atoms with Crippen LogP contribution < -0.4 is 5.32 Å². The van der Waals surface area contributed by atoms with Crippen molar-refractivity contribution in [3.63, 3.8) is 0 Å². The van der Waals surface area contributed by atoms with Crippen molar-refractivity contribution < 1.29 is 30.7 Å². The van der Waals surface area contributed by atoms with Crippen molar-refractivity contribution in [3.05, 3.63) is 65.7 Å². The topological polar surface area (TPSA) is 138 Å². The molecule has 0 aliphatic heterocycles. The number of amides is 1. The van der Waals surface area contributed by atoms with Crippen LogP contribution in [0.5, 0.6) is 0 Å². The predicted octanol–water partition coefficient (Wildman–Crippen LogP) is 1.60. The Morgan fingerprint density at radius 2 is 1.33 bits per heavy atom. The van der Waals surface area contributed by atoms with Gasteiger partial charge in [0.2, 0.25) is 0 Å². The van der Waals surface area contributed by atoms with Crippen LogP contribution in [0.15, 0.2) is 64.4 Å². The summed E-state index contributed by atoms with van der Waals surface area (Å²) in [7, 11) is -9.18. The van der Waals surface area contributed by atoms with Gasteiger partial charge in [0, 0.05) is 10.9 Å².